The van der Waals surface area contributed by atoms with Crippen LogP contribution in [0.5, 0.6) is 0 Å². The fourth-order valence-corrected chi connectivity index (χ4v) is 2.97. The summed E-state index contributed by atoms with van der Waals surface area (Å²) in [6, 6.07) is 5.47. The second kappa shape index (κ2) is 5.55. The third-order valence-corrected chi connectivity index (χ3v) is 5.10. The Hall–Kier alpha value is -1.17. The Balaban J connectivity index is 1.89. The van der Waals surface area contributed by atoms with E-state index in [0.29, 0.717) is 37.6 Å². The van der Waals surface area contributed by atoms with Crippen LogP contribution in [0.25, 0.3) is 0 Å². The van der Waals surface area contributed by atoms with E-state index < -0.39 is 0 Å². The molecule has 1 aromatic heterocycles. The molecule has 1 aromatic carbocycles. The predicted molar refractivity (Wildman–Crippen MR) is 89.2 cm³/mol. The fraction of sp³-hybridized carbons (Fsp3) is 0.214. The molecule has 4 nitrogen and oxygen atoms in total. The number of hydrogen-bond donors (Lipinski definition) is 2. The van der Waals surface area contributed by atoms with Crippen LogP contribution in [-0.4, -0.2) is 10.5 Å². The largest absolute Gasteiger partial charge is 0.397 e. The average molecular weight is 389 g/mol. The second-order valence-corrected chi connectivity index (χ2v) is 6.58. The topological polar surface area (TPSA) is 60.1 Å². The zero-order chi connectivity index (χ0) is 15.1. The van der Waals surface area contributed by atoms with Gasteiger partial charge in [-0.2, -0.15) is 0 Å². The lowest BCUT2D eigenvalue weighted by Crippen LogP contribution is -2.16. The van der Waals surface area contributed by atoms with Gasteiger partial charge < -0.3 is 15.6 Å². The second-order valence-electron chi connectivity index (χ2n) is 4.97. The lowest BCUT2D eigenvalue weighted by Gasteiger charge is -2.11. The zero-order valence-corrected chi connectivity index (χ0v) is 14.0. The molecule has 0 saturated heterocycles. The van der Waals surface area contributed by atoms with Crippen molar-refractivity contribution in [2.45, 2.75) is 18.9 Å². The number of nitrogen functional groups attached to an aromatic ring is 1. The summed E-state index contributed by atoms with van der Waals surface area (Å²) in [5.41, 5.74) is 7.37. The van der Waals surface area contributed by atoms with Gasteiger partial charge in [0.25, 0.3) is 5.91 Å². The summed E-state index contributed by atoms with van der Waals surface area (Å²) < 4.78 is 2.59. The number of nitrogens with two attached hydrogens (primary N) is 1. The van der Waals surface area contributed by atoms with Gasteiger partial charge in [-0.1, -0.05) is 23.2 Å². The first-order valence-electron chi connectivity index (χ1n) is 6.39. The molecule has 1 fully saturated rings. The lowest BCUT2D eigenvalue weighted by molar-refractivity contribution is 0.101. The highest BCUT2D eigenvalue weighted by molar-refractivity contribution is 9.10. The van der Waals surface area contributed by atoms with Crippen molar-refractivity contribution in [3.63, 3.8) is 0 Å². The monoisotopic (exact) mass is 387 g/mol. The van der Waals surface area contributed by atoms with Gasteiger partial charge in [-0.3, -0.25) is 4.79 Å². The van der Waals surface area contributed by atoms with Gasteiger partial charge in [0.15, 0.2) is 0 Å². The van der Waals surface area contributed by atoms with Gasteiger partial charge in [0.1, 0.15) is 5.69 Å². The van der Waals surface area contributed by atoms with Crippen molar-refractivity contribution in [3.05, 3.63) is 44.6 Å². The van der Waals surface area contributed by atoms with Gasteiger partial charge in [0.05, 0.1) is 21.4 Å². The molecule has 110 valence electrons. The number of carbonyl (C=O) groups excluding carboxylic acids is 1. The molecule has 1 aliphatic carbocycles. The lowest BCUT2D eigenvalue weighted by atomic mass is 10.3. The number of hydrogen-bond acceptors (Lipinski definition) is 2. The van der Waals surface area contributed by atoms with Crippen LogP contribution in [0.2, 0.25) is 10.0 Å². The number of rotatable bonds is 3. The highest BCUT2D eigenvalue weighted by Gasteiger charge is 2.28. The zero-order valence-electron chi connectivity index (χ0n) is 10.9. The van der Waals surface area contributed by atoms with E-state index in [2.05, 4.69) is 21.2 Å². The van der Waals surface area contributed by atoms with E-state index in [4.69, 9.17) is 28.9 Å². The minimum atomic E-state index is -0.251. The highest BCUT2D eigenvalue weighted by Crippen LogP contribution is 2.38. The van der Waals surface area contributed by atoms with Crippen LogP contribution < -0.4 is 11.1 Å². The number of amides is 1. The van der Waals surface area contributed by atoms with E-state index in [1.54, 1.807) is 24.4 Å². The molecule has 7 heteroatoms. The first kappa shape index (κ1) is 14.8. The van der Waals surface area contributed by atoms with Crippen LogP contribution in [0.4, 0.5) is 11.4 Å². The first-order valence-corrected chi connectivity index (χ1v) is 7.94. The summed E-state index contributed by atoms with van der Waals surface area (Å²) in [5.74, 6) is -0.251. The molecule has 1 heterocycles. The quantitative estimate of drug-likeness (QED) is 0.746. The van der Waals surface area contributed by atoms with Crippen LogP contribution >= 0.6 is 39.1 Å². The third kappa shape index (κ3) is 2.91. The van der Waals surface area contributed by atoms with Crippen molar-refractivity contribution in [1.29, 1.82) is 0 Å². The number of aromatic nitrogens is 1. The highest BCUT2D eigenvalue weighted by atomic mass is 79.9. The van der Waals surface area contributed by atoms with Gasteiger partial charge in [-0.05, 0) is 47.0 Å². The van der Waals surface area contributed by atoms with Crippen LogP contribution in [0.1, 0.15) is 29.4 Å². The van der Waals surface area contributed by atoms with Crippen LogP contribution in [-0.2, 0) is 0 Å². The Bertz CT molecular complexity index is 725. The van der Waals surface area contributed by atoms with Crippen LogP contribution in [0.3, 0.4) is 0 Å². The van der Waals surface area contributed by atoms with E-state index in [0.717, 1.165) is 12.8 Å². The van der Waals surface area contributed by atoms with Crippen LogP contribution in [0, 0.1) is 0 Å². The van der Waals surface area contributed by atoms with Gasteiger partial charge in [0, 0.05) is 16.7 Å². The maximum atomic E-state index is 12.4. The fourth-order valence-electron chi connectivity index (χ4n) is 2.15. The molecule has 0 spiro atoms. The van der Waals surface area contributed by atoms with Crippen molar-refractivity contribution >= 4 is 56.4 Å². The van der Waals surface area contributed by atoms with Crippen LogP contribution in [0.15, 0.2) is 28.9 Å². The number of carbonyl (C=O) groups is 1. The van der Waals surface area contributed by atoms with E-state index in [1.165, 1.54) is 0 Å². The molecule has 0 radical (unpaired) electrons. The van der Waals surface area contributed by atoms with Crippen molar-refractivity contribution in [2.75, 3.05) is 11.1 Å². The SMILES string of the molecule is Nc1cc(C(=O)Nc2ccc(Br)c(Cl)c2Cl)n(C2CC2)c1. The summed E-state index contributed by atoms with van der Waals surface area (Å²) in [6.07, 6.45) is 3.93. The normalized spacial score (nSPS) is 14.2. The molecule has 2 aromatic rings. The van der Waals surface area contributed by atoms with Crippen molar-refractivity contribution in [1.82, 2.24) is 4.57 Å². The van der Waals surface area contributed by atoms with Gasteiger partial charge >= 0.3 is 0 Å². The minimum absolute atomic E-state index is 0.251. The predicted octanol–water partition coefficient (Wildman–Crippen LogP) is 4.73. The Kier molecular flexibility index (Phi) is 3.90. The summed E-state index contributed by atoms with van der Waals surface area (Å²) in [4.78, 5) is 12.4. The van der Waals surface area contributed by atoms with E-state index in [-0.39, 0.29) is 5.91 Å². The molecular formula is C14H12BrCl2N3O. The molecule has 3 rings (SSSR count). The standard InChI is InChI=1S/C14H12BrCl2N3O/c15-9-3-4-10(13(17)12(9)16)19-14(21)11-5-7(18)6-20(11)8-1-2-8/h3-6,8H,1-2,18H2,(H,19,21). The van der Waals surface area contributed by atoms with Crippen molar-refractivity contribution in [2.24, 2.45) is 0 Å². The minimum Gasteiger partial charge on any atom is -0.397 e. The Labute approximate surface area is 140 Å². The number of halogens is 3. The number of anilines is 2. The molecule has 1 amide bonds. The van der Waals surface area contributed by atoms with E-state index in [1.807, 2.05) is 4.57 Å². The maximum Gasteiger partial charge on any atom is 0.272 e. The summed E-state index contributed by atoms with van der Waals surface area (Å²) >= 11 is 15.5. The van der Waals surface area contributed by atoms with Gasteiger partial charge in [0.2, 0.25) is 0 Å². The molecule has 0 atom stereocenters. The molecular weight excluding hydrogens is 377 g/mol. The molecule has 1 saturated carbocycles. The smallest absolute Gasteiger partial charge is 0.272 e. The van der Waals surface area contributed by atoms with E-state index in [9.17, 15) is 4.79 Å². The Morgan fingerprint density at radius 2 is 2.05 bits per heavy atom. The summed E-state index contributed by atoms with van der Waals surface area (Å²) in [5, 5.41) is 3.45. The van der Waals surface area contributed by atoms with Gasteiger partial charge in [-0.15, -0.1) is 0 Å². The molecule has 0 bridgehead atoms. The van der Waals surface area contributed by atoms with Crippen molar-refractivity contribution in [3.8, 4) is 0 Å². The Morgan fingerprint density at radius 3 is 2.71 bits per heavy atom. The summed E-state index contributed by atoms with van der Waals surface area (Å²) in [7, 11) is 0. The van der Waals surface area contributed by atoms with Gasteiger partial charge in [-0.25, -0.2) is 0 Å². The molecule has 0 unspecified atom stereocenters. The van der Waals surface area contributed by atoms with E-state index >= 15 is 0 Å². The number of benzene rings is 1. The molecule has 3 N–H and O–H groups in total. The average Bonchev–Trinajstić information content (AvgIpc) is 3.22. The number of nitrogens with one attached hydrogen (secondary N) is 1. The van der Waals surface area contributed by atoms with Crippen molar-refractivity contribution < 1.29 is 4.79 Å². The Morgan fingerprint density at radius 1 is 1.33 bits per heavy atom. The molecule has 0 aliphatic heterocycles. The third-order valence-electron chi connectivity index (χ3n) is 3.33. The maximum absolute atomic E-state index is 12.4. The number of nitrogens with zero attached hydrogens (tertiary/aromatic N) is 1. The summed E-state index contributed by atoms with van der Waals surface area (Å²) in [6.45, 7) is 0. The first-order chi connectivity index (χ1) is 9.97. The molecule has 21 heavy (non-hydrogen) atoms. The molecule has 1 aliphatic rings.